The summed E-state index contributed by atoms with van der Waals surface area (Å²) in [5.41, 5.74) is 0.429. The van der Waals surface area contributed by atoms with Crippen LogP contribution in [0.25, 0.3) is 0 Å². The molecule has 0 saturated carbocycles. The zero-order valence-electron chi connectivity index (χ0n) is 16.6. The Morgan fingerprint density at radius 1 is 0.964 bits per heavy atom. The van der Waals surface area contributed by atoms with Crippen LogP contribution in [0.1, 0.15) is 27.7 Å². The second kappa shape index (κ2) is 9.43. The van der Waals surface area contributed by atoms with E-state index in [0.717, 1.165) is 4.31 Å². The molecule has 0 aliphatic carbocycles. The Bertz CT molecular complexity index is 874. The number of sulfonamides is 1. The number of amides is 1. The molecule has 0 saturated heterocycles. The molecular weight excluding hydrogens is 396 g/mol. The number of rotatable bonds is 8. The van der Waals surface area contributed by atoms with Crippen molar-refractivity contribution < 1.29 is 13.2 Å². The number of carbonyl (C=O) groups is 1. The van der Waals surface area contributed by atoms with Crippen LogP contribution in [0.2, 0.25) is 5.02 Å². The zero-order chi connectivity index (χ0) is 20.9. The fourth-order valence-electron chi connectivity index (χ4n) is 3.11. The van der Waals surface area contributed by atoms with Crippen LogP contribution in [0.15, 0.2) is 59.5 Å². The van der Waals surface area contributed by atoms with Crippen molar-refractivity contribution in [3.63, 3.8) is 0 Å². The molecule has 0 bridgehead atoms. The monoisotopic (exact) mass is 422 g/mol. The van der Waals surface area contributed by atoms with Crippen molar-refractivity contribution in [3.05, 3.63) is 59.6 Å². The van der Waals surface area contributed by atoms with E-state index in [-0.39, 0.29) is 35.2 Å². The number of nitrogens with one attached hydrogen (secondary N) is 1. The predicted molar refractivity (Wildman–Crippen MR) is 114 cm³/mol. The van der Waals surface area contributed by atoms with Gasteiger partial charge in [-0.1, -0.05) is 57.5 Å². The van der Waals surface area contributed by atoms with Crippen molar-refractivity contribution in [3.8, 4) is 0 Å². The van der Waals surface area contributed by atoms with Crippen LogP contribution >= 0.6 is 11.6 Å². The first-order valence-corrected chi connectivity index (χ1v) is 11.1. The van der Waals surface area contributed by atoms with E-state index < -0.39 is 10.0 Å². The molecule has 2 aromatic rings. The molecular formula is C21H27ClN2O3S. The summed E-state index contributed by atoms with van der Waals surface area (Å²) in [6, 6.07) is 14.5. The first-order chi connectivity index (χ1) is 13.1. The normalized spacial score (nSPS) is 11.9. The van der Waals surface area contributed by atoms with Crippen LogP contribution < -0.4 is 9.62 Å². The van der Waals surface area contributed by atoms with Gasteiger partial charge in [-0.25, -0.2) is 8.42 Å². The molecule has 28 heavy (non-hydrogen) atoms. The van der Waals surface area contributed by atoms with Gasteiger partial charge in [0.2, 0.25) is 5.91 Å². The topological polar surface area (TPSA) is 66.5 Å². The summed E-state index contributed by atoms with van der Waals surface area (Å²) in [5.74, 6) is 0.137. The first-order valence-electron chi connectivity index (χ1n) is 9.25. The van der Waals surface area contributed by atoms with Gasteiger partial charge in [-0.2, -0.15) is 0 Å². The van der Waals surface area contributed by atoms with Gasteiger partial charge in [-0.05, 0) is 48.2 Å². The molecule has 0 aromatic heterocycles. The third kappa shape index (κ3) is 5.49. The summed E-state index contributed by atoms with van der Waals surface area (Å²) >= 11 is 5.89. The largest absolute Gasteiger partial charge is 0.351 e. The van der Waals surface area contributed by atoms with Gasteiger partial charge < -0.3 is 5.32 Å². The maximum absolute atomic E-state index is 13.2. The third-order valence-corrected chi connectivity index (χ3v) is 6.54. The zero-order valence-corrected chi connectivity index (χ0v) is 18.2. The van der Waals surface area contributed by atoms with E-state index in [1.165, 1.54) is 24.3 Å². The number of para-hydroxylation sites is 1. The average molecular weight is 423 g/mol. The first kappa shape index (κ1) is 22.2. The maximum atomic E-state index is 13.2. The molecule has 0 unspecified atom stereocenters. The Morgan fingerprint density at radius 2 is 1.50 bits per heavy atom. The van der Waals surface area contributed by atoms with Gasteiger partial charge in [0.25, 0.3) is 10.0 Å². The third-order valence-electron chi connectivity index (χ3n) is 4.50. The molecule has 2 aromatic carbocycles. The smallest absolute Gasteiger partial charge is 0.264 e. The molecule has 0 atom stereocenters. The minimum Gasteiger partial charge on any atom is -0.351 e. The molecule has 1 N–H and O–H groups in total. The minimum absolute atomic E-state index is 0.0386. The van der Waals surface area contributed by atoms with Crippen molar-refractivity contribution in [2.24, 2.45) is 11.8 Å². The lowest BCUT2D eigenvalue weighted by molar-refractivity contribution is -0.121. The maximum Gasteiger partial charge on any atom is 0.264 e. The summed E-state index contributed by atoms with van der Waals surface area (Å²) < 4.78 is 27.6. The molecule has 2 rings (SSSR count). The van der Waals surface area contributed by atoms with Gasteiger partial charge in [0.15, 0.2) is 0 Å². The SMILES string of the molecule is CC(C)C(NC(=O)CN(c1ccccc1)S(=O)(=O)c1ccc(Cl)cc1)C(C)C. The molecule has 0 spiro atoms. The van der Waals surface area contributed by atoms with Crippen LogP contribution in [0.3, 0.4) is 0 Å². The van der Waals surface area contributed by atoms with E-state index in [0.29, 0.717) is 10.7 Å². The molecule has 0 fully saturated rings. The summed E-state index contributed by atoms with van der Waals surface area (Å²) in [4.78, 5) is 12.8. The molecule has 5 nitrogen and oxygen atoms in total. The molecule has 152 valence electrons. The highest BCUT2D eigenvalue weighted by Gasteiger charge is 2.28. The van der Waals surface area contributed by atoms with Gasteiger partial charge >= 0.3 is 0 Å². The quantitative estimate of drug-likeness (QED) is 0.688. The van der Waals surface area contributed by atoms with E-state index in [1.807, 2.05) is 27.7 Å². The van der Waals surface area contributed by atoms with Gasteiger partial charge in [0.05, 0.1) is 10.6 Å². The summed E-state index contributed by atoms with van der Waals surface area (Å²) in [7, 11) is -3.93. The molecule has 0 radical (unpaired) electrons. The number of nitrogens with zero attached hydrogens (tertiary/aromatic N) is 1. The van der Waals surface area contributed by atoms with Crippen molar-refractivity contribution in [1.29, 1.82) is 0 Å². The minimum atomic E-state index is -3.93. The Labute approximate surface area is 172 Å². The number of benzene rings is 2. The van der Waals surface area contributed by atoms with Crippen molar-refractivity contribution in [2.75, 3.05) is 10.8 Å². The number of anilines is 1. The summed E-state index contributed by atoms with van der Waals surface area (Å²) in [5, 5.41) is 3.43. The van der Waals surface area contributed by atoms with E-state index in [4.69, 9.17) is 11.6 Å². The van der Waals surface area contributed by atoms with Crippen LogP contribution in [0.4, 0.5) is 5.69 Å². The van der Waals surface area contributed by atoms with Crippen LogP contribution in [0.5, 0.6) is 0 Å². The van der Waals surface area contributed by atoms with E-state index in [2.05, 4.69) is 5.32 Å². The molecule has 0 heterocycles. The highest BCUT2D eigenvalue weighted by Crippen LogP contribution is 2.24. The van der Waals surface area contributed by atoms with Gasteiger partial charge in [-0.15, -0.1) is 0 Å². The lowest BCUT2D eigenvalue weighted by Gasteiger charge is -2.29. The highest BCUT2D eigenvalue weighted by atomic mass is 35.5. The van der Waals surface area contributed by atoms with Crippen LogP contribution in [0, 0.1) is 11.8 Å². The second-order valence-corrected chi connectivity index (χ2v) is 9.68. The van der Waals surface area contributed by atoms with E-state index >= 15 is 0 Å². The number of carbonyl (C=O) groups excluding carboxylic acids is 1. The van der Waals surface area contributed by atoms with Crippen molar-refractivity contribution >= 4 is 33.2 Å². The lowest BCUT2D eigenvalue weighted by Crippen LogP contribution is -2.47. The lowest BCUT2D eigenvalue weighted by atomic mass is 9.93. The summed E-state index contributed by atoms with van der Waals surface area (Å²) in [6.45, 7) is 7.83. The molecule has 1 amide bonds. The Hall–Kier alpha value is -2.05. The Morgan fingerprint density at radius 3 is 2.00 bits per heavy atom. The number of hydrogen-bond acceptors (Lipinski definition) is 3. The van der Waals surface area contributed by atoms with E-state index in [9.17, 15) is 13.2 Å². The molecule has 0 aliphatic rings. The highest BCUT2D eigenvalue weighted by molar-refractivity contribution is 7.92. The van der Waals surface area contributed by atoms with E-state index in [1.54, 1.807) is 30.3 Å². The van der Waals surface area contributed by atoms with Crippen LogP contribution in [-0.4, -0.2) is 26.9 Å². The second-order valence-electron chi connectivity index (χ2n) is 7.38. The summed E-state index contributed by atoms with van der Waals surface area (Å²) in [6.07, 6.45) is 0. The van der Waals surface area contributed by atoms with Gasteiger partial charge in [-0.3, -0.25) is 9.10 Å². The number of halogens is 1. The Balaban J connectivity index is 2.36. The van der Waals surface area contributed by atoms with Crippen molar-refractivity contribution in [1.82, 2.24) is 5.32 Å². The average Bonchev–Trinajstić information content (AvgIpc) is 2.64. The van der Waals surface area contributed by atoms with Crippen LogP contribution in [-0.2, 0) is 14.8 Å². The molecule has 7 heteroatoms. The molecule has 0 aliphatic heterocycles. The fourth-order valence-corrected chi connectivity index (χ4v) is 4.66. The predicted octanol–water partition coefficient (Wildman–Crippen LogP) is 4.33. The number of hydrogen-bond donors (Lipinski definition) is 1. The van der Waals surface area contributed by atoms with Gasteiger partial charge in [0, 0.05) is 11.1 Å². The van der Waals surface area contributed by atoms with Gasteiger partial charge in [0.1, 0.15) is 6.54 Å². The van der Waals surface area contributed by atoms with Crippen molar-refractivity contribution in [2.45, 2.75) is 38.6 Å². The standard InChI is InChI=1S/C21H27ClN2O3S/c1-15(2)21(16(3)4)23-20(25)14-24(18-8-6-5-7-9-18)28(26,27)19-12-10-17(22)11-13-19/h5-13,15-16,21H,14H2,1-4H3,(H,23,25). The Kier molecular flexibility index (Phi) is 7.49. The fraction of sp³-hybridized carbons (Fsp3) is 0.381.